The van der Waals surface area contributed by atoms with Crippen molar-refractivity contribution in [3.05, 3.63) is 41.6 Å². The van der Waals surface area contributed by atoms with Gasteiger partial charge in [-0.1, -0.05) is 24.3 Å². The Balaban J connectivity index is 1.92. The molecule has 1 fully saturated rings. The van der Waals surface area contributed by atoms with Gasteiger partial charge in [0.15, 0.2) is 5.78 Å². The SMILES string of the molecule is CC(=O)c1ccc(C2=CN3CCC2CC3)cc1. The van der Waals surface area contributed by atoms with Gasteiger partial charge in [-0.05, 0) is 36.8 Å². The maximum absolute atomic E-state index is 11.2. The molecule has 0 saturated carbocycles. The molecule has 17 heavy (non-hydrogen) atoms. The molecule has 2 nitrogen and oxygen atoms in total. The summed E-state index contributed by atoms with van der Waals surface area (Å²) in [4.78, 5) is 13.6. The predicted molar refractivity (Wildman–Crippen MR) is 68.7 cm³/mol. The lowest BCUT2D eigenvalue weighted by atomic mass is 9.82. The van der Waals surface area contributed by atoms with Gasteiger partial charge in [0.25, 0.3) is 0 Å². The van der Waals surface area contributed by atoms with Crippen LogP contribution in [-0.2, 0) is 0 Å². The minimum absolute atomic E-state index is 0.138. The number of hydrogen-bond acceptors (Lipinski definition) is 2. The van der Waals surface area contributed by atoms with Crippen molar-refractivity contribution in [1.82, 2.24) is 4.90 Å². The van der Waals surface area contributed by atoms with E-state index in [2.05, 4.69) is 23.2 Å². The number of nitrogens with zero attached hydrogens (tertiary/aromatic N) is 1. The largest absolute Gasteiger partial charge is 0.377 e. The molecule has 0 aromatic heterocycles. The topological polar surface area (TPSA) is 20.3 Å². The summed E-state index contributed by atoms with van der Waals surface area (Å²) in [5, 5.41) is 0. The Kier molecular flexibility index (Phi) is 2.50. The van der Waals surface area contributed by atoms with Crippen molar-refractivity contribution >= 4 is 11.4 Å². The fourth-order valence-corrected chi connectivity index (χ4v) is 2.85. The van der Waals surface area contributed by atoms with Crippen LogP contribution in [0.15, 0.2) is 30.5 Å². The van der Waals surface area contributed by atoms with Crippen molar-refractivity contribution in [2.45, 2.75) is 19.8 Å². The highest BCUT2D eigenvalue weighted by Gasteiger charge is 2.27. The summed E-state index contributed by atoms with van der Waals surface area (Å²) in [6.07, 6.45) is 4.86. The van der Waals surface area contributed by atoms with Crippen molar-refractivity contribution in [3.63, 3.8) is 0 Å². The lowest BCUT2D eigenvalue weighted by molar-refractivity contribution is 0.101. The molecule has 0 unspecified atom stereocenters. The molecule has 0 spiro atoms. The highest BCUT2D eigenvalue weighted by atomic mass is 16.1. The fourth-order valence-electron chi connectivity index (χ4n) is 2.85. The summed E-state index contributed by atoms with van der Waals surface area (Å²) < 4.78 is 0. The average Bonchev–Trinajstić information content (AvgIpc) is 2.40. The second-order valence-electron chi connectivity index (χ2n) is 5.03. The number of rotatable bonds is 2. The summed E-state index contributed by atoms with van der Waals surface area (Å²) >= 11 is 0. The summed E-state index contributed by atoms with van der Waals surface area (Å²) in [7, 11) is 0. The standard InChI is InChI=1S/C15H17NO/c1-11(17)12-2-4-13(5-3-12)15-10-16-8-6-14(15)7-9-16/h2-5,10,14H,6-9H2,1H3. The molecule has 3 aliphatic heterocycles. The van der Waals surface area contributed by atoms with Crippen LogP contribution in [0.4, 0.5) is 0 Å². The normalized spacial score (nSPS) is 19.4. The summed E-state index contributed by atoms with van der Waals surface area (Å²) in [6.45, 7) is 4.03. The van der Waals surface area contributed by atoms with Gasteiger partial charge in [-0.15, -0.1) is 0 Å². The van der Waals surface area contributed by atoms with E-state index in [-0.39, 0.29) is 5.78 Å². The zero-order chi connectivity index (χ0) is 11.8. The molecule has 0 atom stereocenters. The molecular weight excluding hydrogens is 210 g/mol. The Morgan fingerprint density at radius 1 is 1.18 bits per heavy atom. The number of carbonyl (C=O) groups excluding carboxylic acids is 1. The third-order valence-corrected chi connectivity index (χ3v) is 3.92. The van der Waals surface area contributed by atoms with E-state index >= 15 is 0 Å². The van der Waals surface area contributed by atoms with Crippen molar-refractivity contribution in [2.75, 3.05) is 13.1 Å². The van der Waals surface area contributed by atoms with Crippen LogP contribution in [0.5, 0.6) is 0 Å². The molecule has 4 rings (SSSR count). The molecule has 3 aliphatic rings. The number of benzene rings is 1. The summed E-state index contributed by atoms with van der Waals surface area (Å²) in [6, 6.07) is 8.06. The highest BCUT2D eigenvalue weighted by Crippen LogP contribution is 2.37. The van der Waals surface area contributed by atoms with Gasteiger partial charge in [-0.3, -0.25) is 4.79 Å². The second kappa shape index (κ2) is 4.02. The Morgan fingerprint density at radius 3 is 2.29 bits per heavy atom. The van der Waals surface area contributed by atoms with E-state index in [9.17, 15) is 4.79 Å². The monoisotopic (exact) mass is 227 g/mol. The molecule has 0 aliphatic carbocycles. The van der Waals surface area contributed by atoms with Crippen LogP contribution in [-0.4, -0.2) is 23.8 Å². The van der Waals surface area contributed by atoms with Crippen LogP contribution in [0.1, 0.15) is 35.7 Å². The third kappa shape index (κ3) is 1.88. The van der Waals surface area contributed by atoms with E-state index in [0.717, 1.165) is 11.5 Å². The van der Waals surface area contributed by atoms with Gasteiger partial charge in [-0.25, -0.2) is 0 Å². The maximum atomic E-state index is 11.2. The number of Topliss-reactive ketones (excluding diaryl/α,β-unsaturated/α-hetero) is 1. The van der Waals surface area contributed by atoms with Crippen molar-refractivity contribution < 1.29 is 4.79 Å². The first-order chi connectivity index (χ1) is 8.24. The van der Waals surface area contributed by atoms with Gasteiger partial charge < -0.3 is 4.90 Å². The molecule has 88 valence electrons. The first-order valence-corrected chi connectivity index (χ1v) is 6.31. The van der Waals surface area contributed by atoms with Crippen molar-refractivity contribution in [1.29, 1.82) is 0 Å². The first-order valence-electron chi connectivity index (χ1n) is 6.31. The van der Waals surface area contributed by atoms with E-state index in [1.54, 1.807) is 6.92 Å². The quantitative estimate of drug-likeness (QED) is 0.724. The Hall–Kier alpha value is -1.57. The van der Waals surface area contributed by atoms with Crippen LogP contribution < -0.4 is 0 Å². The minimum atomic E-state index is 0.138. The van der Waals surface area contributed by atoms with Gasteiger partial charge in [0.1, 0.15) is 0 Å². The average molecular weight is 227 g/mol. The van der Waals surface area contributed by atoms with Crippen LogP contribution in [0, 0.1) is 5.92 Å². The lowest BCUT2D eigenvalue weighted by Crippen LogP contribution is -2.35. The van der Waals surface area contributed by atoms with E-state index in [1.165, 1.54) is 37.1 Å². The van der Waals surface area contributed by atoms with Crippen LogP contribution in [0.25, 0.3) is 5.57 Å². The van der Waals surface area contributed by atoms with Gasteiger partial charge in [0.2, 0.25) is 0 Å². The maximum Gasteiger partial charge on any atom is 0.159 e. The van der Waals surface area contributed by atoms with Gasteiger partial charge in [0.05, 0.1) is 0 Å². The van der Waals surface area contributed by atoms with Gasteiger partial charge >= 0.3 is 0 Å². The van der Waals surface area contributed by atoms with E-state index < -0.39 is 0 Å². The van der Waals surface area contributed by atoms with E-state index in [1.807, 2.05) is 12.1 Å². The minimum Gasteiger partial charge on any atom is -0.377 e. The number of fused-ring (bicyclic) bond motifs is 2. The predicted octanol–water partition coefficient (Wildman–Crippen LogP) is 2.96. The van der Waals surface area contributed by atoms with Crippen molar-refractivity contribution in [3.8, 4) is 0 Å². The number of hydrogen-bond donors (Lipinski definition) is 0. The Morgan fingerprint density at radius 2 is 1.82 bits per heavy atom. The Bertz CT molecular complexity index is 464. The van der Waals surface area contributed by atoms with Crippen LogP contribution in [0.2, 0.25) is 0 Å². The molecule has 1 aromatic carbocycles. The molecule has 0 N–H and O–H groups in total. The highest BCUT2D eigenvalue weighted by molar-refractivity contribution is 5.94. The third-order valence-electron chi connectivity index (χ3n) is 3.92. The number of ketones is 1. The summed E-state index contributed by atoms with van der Waals surface area (Å²) in [5.41, 5.74) is 3.54. The smallest absolute Gasteiger partial charge is 0.159 e. The molecule has 1 saturated heterocycles. The zero-order valence-corrected chi connectivity index (χ0v) is 10.1. The number of allylic oxidation sites excluding steroid dienone is 1. The molecule has 0 radical (unpaired) electrons. The van der Waals surface area contributed by atoms with E-state index in [4.69, 9.17) is 0 Å². The molecule has 3 heterocycles. The van der Waals surface area contributed by atoms with E-state index in [0.29, 0.717) is 0 Å². The van der Waals surface area contributed by atoms with Gasteiger partial charge in [-0.2, -0.15) is 0 Å². The molecular formula is C15H17NO. The second-order valence-corrected chi connectivity index (χ2v) is 5.03. The molecule has 2 bridgehead atoms. The Labute approximate surface area is 102 Å². The van der Waals surface area contributed by atoms with Crippen LogP contribution in [0.3, 0.4) is 0 Å². The molecule has 0 amide bonds. The lowest BCUT2D eigenvalue weighted by Gasteiger charge is -2.39. The fraction of sp³-hybridized carbons (Fsp3) is 0.400. The van der Waals surface area contributed by atoms with Gasteiger partial charge in [0, 0.05) is 24.9 Å². The van der Waals surface area contributed by atoms with Crippen molar-refractivity contribution in [2.24, 2.45) is 5.92 Å². The number of piperidine rings is 1. The molecule has 2 heteroatoms. The summed E-state index contributed by atoms with van der Waals surface area (Å²) in [5.74, 6) is 0.864. The van der Waals surface area contributed by atoms with Crippen LogP contribution >= 0.6 is 0 Å². The first kappa shape index (κ1) is 10.6. The zero-order valence-electron chi connectivity index (χ0n) is 10.1. The number of carbonyl (C=O) groups is 1. The molecule has 1 aromatic rings.